The van der Waals surface area contributed by atoms with E-state index in [1.165, 1.54) is 44.9 Å². The van der Waals surface area contributed by atoms with Crippen LogP contribution in [-0.2, 0) is 16.0 Å². The van der Waals surface area contributed by atoms with Crippen molar-refractivity contribution in [3.63, 3.8) is 0 Å². The maximum atomic E-state index is 11.5. The van der Waals surface area contributed by atoms with Crippen LogP contribution in [0.5, 0.6) is 0 Å². The normalized spacial score (nSPS) is 16.0. The number of ether oxygens (including phenoxy) is 1. The first-order chi connectivity index (χ1) is 11.8. The Morgan fingerprint density at radius 2 is 2.21 bits per heavy atom. The molecular formula is C18H22N4O2. The number of hydrogen-bond acceptors (Lipinski definition) is 4. The van der Waals surface area contributed by atoms with Gasteiger partial charge >= 0.3 is 5.97 Å². The number of esters is 1. The van der Waals surface area contributed by atoms with Crippen LogP contribution in [0, 0.1) is 0 Å². The second-order valence-corrected chi connectivity index (χ2v) is 6.57. The fourth-order valence-electron chi connectivity index (χ4n) is 3.74. The summed E-state index contributed by atoms with van der Waals surface area (Å²) in [6.45, 7) is 0. The summed E-state index contributed by atoms with van der Waals surface area (Å²) in [4.78, 5) is 23.9. The van der Waals surface area contributed by atoms with E-state index in [9.17, 15) is 4.79 Å². The van der Waals surface area contributed by atoms with Gasteiger partial charge in [0.25, 0.3) is 0 Å². The number of imidazole rings is 1. The Morgan fingerprint density at radius 1 is 1.38 bits per heavy atom. The highest BCUT2D eigenvalue weighted by Crippen LogP contribution is 2.32. The Balaban J connectivity index is 1.73. The summed E-state index contributed by atoms with van der Waals surface area (Å²) in [6.07, 6.45) is 13.3. The molecule has 24 heavy (non-hydrogen) atoms. The minimum atomic E-state index is -0.196. The van der Waals surface area contributed by atoms with Gasteiger partial charge in [-0.15, -0.1) is 0 Å². The van der Waals surface area contributed by atoms with Crippen LogP contribution in [0.15, 0.2) is 18.6 Å². The maximum absolute atomic E-state index is 11.5. The molecule has 4 rings (SSSR count). The fraction of sp³-hybridized carbons (Fsp3) is 0.500. The van der Waals surface area contributed by atoms with Crippen molar-refractivity contribution in [1.82, 2.24) is 19.4 Å². The minimum absolute atomic E-state index is 0.196. The molecule has 0 unspecified atom stereocenters. The van der Waals surface area contributed by atoms with Gasteiger partial charge in [0.2, 0.25) is 0 Å². The molecule has 126 valence electrons. The van der Waals surface area contributed by atoms with E-state index in [4.69, 9.17) is 9.72 Å². The van der Waals surface area contributed by atoms with E-state index >= 15 is 0 Å². The van der Waals surface area contributed by atoms with Crippen LogP contribution in [0.3, 0.4) is 0 Å². The highest BCUT2D eigenvalue weighted by atomic mass is 16.5. The zero-order valence-electron chi connectivity index (χ0n) is 13.9. The Hall–Kier alpha value is -2.37. The summed E-state index contributed by atoms with van der Waals surface area (Å²) >= 11 is 0. The second kappa shape index (κ2) is 6.26. The first-order valence-electron chi connectivity index (χ1n) is 8.67. The molecule has 6 nitrogen and oxygen atoms in total. The molecule has 3 aromatic rings. The van der Waals surface area contributed by atoms with Gasteiger partial charge < -0.3 is 9.72 Å². The van der Waals surface area contributed by atoms with Crippen LogP contribution in [0.25, 0.3) is 16.8 Å². The van der Waals surface area contributed by atoms with Crippen LogP contribution >= 0.6 is 0 Å². The molecule has 1 fully saturated rings. The summed E-state index contributed by atoms with van der Waals surface area (Å²) in [5.74, 6) is 0.365. The van der Waals surface area contributed by atoms with E-state index in [0.29, 0.717) is 18.8 Å². The van der Waals surface area contributed by atoms with Gasteiger partial charge in [0.15, 0.2) is 11.3 Å². The second-order valence-electron chi connectivity index (χ2n) is 6.57. The first-order valence-corrected chi connectivity index (χ1v) is 8.67. The predicted molar refractivity (Wildman–Crippen MR) is 91.0 cm³/mol. The Labute approximate surface area is 140 Å². The Kier molecular flexibility index (Phi) is 3.96. The molecule has 3 aromatic heterocycles. The van der Waals surface area contributed by atoms with Crippen molar-refractivity contribution in [3.05, 3.63) is 29.8 Å². The highest BCUT2D eigenvalue weighted by molar-refractivity contribution is 5.79. The van der Waals surface area contributed by atoms with E-state index < -0.39 is 0 Å². The van der Waals surface area contributed by atoms with Crippen LogP contribution in [0.1, 0.15) is 55.7 Å². The van der Waals surface area contributed by atoms with Gasteiger partial charge in [0, 0.05) is 24.7 Å². The number of methoxy groups -OCH3 is 1. The topological polar surface area (TPSA) is 72.3 Å². The van der Waals surface area contributed by atoms with Crippen LogP contribution < -0.4 is 0 Å². The van der Waals surface area contributed by atoms with E-state index in [1.54, 1.807) is 0 Å². The lowest BCUT2D eigenvalue weighted by Gasteiger charge is -2.19. The summed E-state index contributed by atoms with van der Waals surface area (Å²) in [5, 5.41) is 0. The number of carbonyl (C=O) groups is 1. The van der Waals surface area contributed by atoms with E-state index in [2.05, 4.69) is 20.6 Å². The monoisotopic (exact) mass is 326 g/mol. The zero-order valence-corrected chi connectivity index (χ0v) is 13.9. The molecule has 0 atom stereocenters. The molecule has 0 amide bonds. The van der Waals surface area contributed by atoms with Crippen molar-refractivity contribution in [2.45, 2.75) is 50.9 Å². The standard InChI is InChI=1S/C18H22N4O2/c1-24-16(23)8-7-13-9-19-18-17(13)22-11-14(21-15(22)10-20-18)12-5-3-2-4-6-12/h9-12,19H,2-8H2,1H3. The molecule has 0 aromatic carbocycles. The molecule has 1 aliphatic rings. The maximum Gasteiger partial charge on any atom is 0.305 e. The summed E-state index contributed by atoms with van der Waals surface area (Å²) in [7, 11) is 1.42. The van der Waals surface area contributed by atoms with Crippen LogP contribution in [0.2, 0.25) is 0 Å². The number of rotatable bonds is 4. The SMILES string of the molecule is COC(=O)CCc1c[nH]c2ncc3nc(C4CCCCC4)cn3c12. The largest absolute Gasteiger partial charge is 0.469 e. The van der Waals surface area contributed by atoms with Crippen LogP contribution in [0.4, 0.5) is 0 Å². The van der Waals surface area contributed by atoms with Crippen LogP contribution in [-0.4, -0.2) is 32.4 Å². The van der Waals surface area contributed by atoms with Crippen molar-refractivity contribution in [2.24, 2.45) is 0 Å². The van der Waals surface area contributed by atoms with E-state index in [0.717, 1.165) is 22.4 Å². The molecule has 1 N–H and O–H groups in total. The van der Waals surface area contributed by atoms with E-state index in [-0.39, 0.29) is 5.97 Å². The zero-order chi connectivity index (χ0) is 16.5. The number of aromatic nitrogens is 4. The van der Waals surface area contributed by atoms with Gasteiger partial charge in [-0.3, -0.25) is 9.20 Å². The average Bonchev–Trinajstić information content (AvgIpc) is 3.23. The Morgan fingerprint density at radius 3 is 3.00 bits per heavy atom. The number of aromatic amines is 1. The molecule has 0 spiro atoms. The van der Waals surface area contributed by atoms with Crippen molar-refractivity contribution in [3.8, 4) is 0 Å². The van der Waals surface area contributed by atoms with Crippen molar-refractivity contribution >= 4 is 22.8 Å². The fourth-order valence-corrected chi connectivity index (χ4v) is 3.74. The number of fused-ring (bicyclic) bond motifs is 3. The predicted octanol–water partition coefficient (Wildman–Crippen LogP) is 3.36. The van der Waals surface area contributed by atoms with Gasteiger partial charge in [-0.1, -0.05) is 19.3 Å². The number of H-pyrrole nitrogens is 1. The lowest BCUT2D eigenvalue weighted by atomic mass is 9.87. The summed E-state index contributed by atoms with van der Waals surface area (Å²) in [6, 6.07) is 0. The highest BCUT2D eigenvalue weighted by Gasteiger charge is 2.20. The van der Waals surface area contributed by atoms with Gasteiger partial charge in [0.05, 0.1) is 24.5 Å². The third kappa shape index (κ3) is 2.66. The summed E-state index contributed by atoms with van der Waals surface area (Å²) < 4.78 is 6.87. The molecule has 3 heterocycles. The van der Waals surface area contributed by atoms with Gasteiger partial charge in [-0.05, 0) is 24.8 Å². The van der Waals surface area contributed by atoms with Crippen molar-refractivity contribution in [2.75, 3.05) is 7.11 Å². The number of nitrogens with one attached hydrogen (secondary N) is 1. The number of aryl methyl sites for hydroxylation is 1. The number of carbonyl (C=O) groups excluding carboxylic acids is 1. The number of nitrogens with zero attached hydrogens (tertiary/aromatic N) is 3. The third-order valence-corrected chi connectivity index (χ3v) is 5.06. The smallest absolute Gasteiger partial charge is 0.305 e. The lowest BCUT2D eigenvalue weighted by Crippen LogP contribution is -2.04. The lowest BCUT2D eigenvalue weighted by molar-refractivity contribution is -0.140. The molecule has 1 aliphatic carbocycles. The molecule has 0 radical (unpaired) electrons. The molecule has 0 aliphatic heterocycles. The third-order valence-electron chi connectivity index (χ3n) is 5.06. The molecule has 0 saturated heterocycles. The van der Waals surface area contributed by atoms with Crippen molar-refractivity contribution < 1.29 is 9.53 Å². The molecular weight excluding hydrogens is 304 g/mol. The summed E-state index contributed by atoms with van der Waals surface area (Å²) in [5.41, 5.74) is 4.97. The first kappa shape index (κ1) is 15.2. The molecule has 6 heteroatoms. The average molecular weight is 326 g/mol. The van der Waals surface area contributed by atoms with Gasteiger partial charge in [-0.25, -0.2) is 9.97 Å². The number of hydrogen-bond donors (Lipinski definition) is 1. The Bertz CT molecular complexity index is 874. The van der Waals surface area contributed by atoms with E-state index in [1.807, 2.05) is 12.4 Å². The molecule has 0 bridgehead atoms. The minimum Gasteiger partial charge on any atom is -0.469 e. The van der Waals surface area contributed by atoms with Gasteiger partial charge in [-0.2, -0.15) is 0 Å². The molecule has 1 saturated carbocycles. The van der Waals surface area contributed by atoms with Crippen molar-refractivity contribution in [1.29, 1.82) is 0 Å². The quantitative estimate of drug-likeness (QED) is 0.746. The van der Waals surface area contributed by atoms with Gasteiger partial charge in [0.1, 0.15) is 0 Å².